The Morgan fingerprint density at radius 3 is 2.77 bits per heavy atom. The number of aromatic amines is 2. The lowest BCUT2D eigenvalue weighted by Crippen LogP contribution is -1.92. The molecule has 0 amide bonds. The van der Waals surface area contributed by atoms with Crippen LogP contribution < -0.4 is 0 Å². The first kappa shape index (κ1) is 16.6. The number of hydrogen-bond donors (Lipinski definition) is 2. The van der Waals surface area contributed by atoms with Crippen molar-refractivity contribution in [1.82, 2.24) is 39.7 Å². The van der Waals surface area contributed by atoms with Gasteiger partial charge < -0.3 is 9.55 Å². The van der Waals surface area contributed by atoms with Gasteiger partial charge >= 0.3 is 0 Å². The normalized spacial score (nSPS) is 11.5. The molecule has 8 heteroatoms. The molecule has 0 atom stereocenters. The van der Waals surface area contributed by atoms with E-state index in [0.29, 0.717) is 5.82 Å². The summed E-state index contributed by atoms with van der Waals surface area (Å²) in [6.07, 6.45) is 10.9. The van der Waals surface area contributed by atoms with Gasteiger partial charge in [-0.3, -0.25) is 15.1 Å². The van der Waals surface area contributed by atoms with Crippen molar-refractivity contribution in [3.63, 3.8) is 0 Å². The second-order valence-electron chi connectivity index (χ2n) is 7.14. The maximum Gasteiger partial charge on any atom is 0.159 e. The SMILES string of the molecule is Cc1cn(-c2cncc3[nH]c(-c4n[nH]c5ccc(-c6cccnc6)cc45)nc23)cn1. The monoisotopic (exact) mass is 392 g/mol. The summed E-state index contributed by atoms with van der Waals surface area (Å²) in [5, 5.41) is 8.62. The van der Waals surface area contributed by atoms with Crippen LogP contribution in [0.3, 0.4) is 0 Å². The van der Waals surface area contributed by atoms with E-state index in [1.165, 1.54) is 0 Å². The Morgan fingerprint density at radius 2 is 1.93 bits per heavy atom. The molecule has 6 rings (SSSR count). The minimum Gasteiger partial charge on any atom is -0.335 e. The van der Waals surface area contributed by atoms with Crippen LogP contribution in [0, 0.1) is 6.92 Å². The van der Waals surface area contributed by atoms with Gasteiger partial charge in [0, 0.05) is 29.5 Å². The molecule has 5 aromatic heterocycles. The zero-order valence-corrected chi connectivity index (χ0v) is 16.0. The number of aryl methyl sites for hydroxylation is 1. The Kier molecular flexibility index (Phi) is 3.51. The van der Waals surface area contributed by atoms with Gasteiger partial charge in [0.15, 0.2) is 5.82 Å². The third-order valence-electron chi connectivity index (χ3n) is 5.15. The zero-order valence-electron chi connectivity index (χ0n) is 16.0. The van der Waals surface area contributed by atoms with Crippen LogP contribution in [0.15, 0.2) is 67.6 Å². The third kappa shape index (κ3) is 2.58. The lowest BCUT2D eigenvalue weighted by Gasteiger charge is -2.01. The van der Waals surface area contributed by atoms with Gasteiger partial charge in [-0.2, -0.15) is 5.10 Å². The highest BCUT2D eigenvalue weighted by Gasteiger charge is 2.16. The smallest absolute Gasteiger partial charge is 0.159 e. The summed E-state index contributed by atoms with van der Waals surface area (Å²) in [4.78, 5) is 21.1. The number of fused-ring (bicyclic) bond motifs is 2. The average molecular weight is 392 g/mol. The Morgan fingerprint density at radius 1 is 0.967 bits per heavy atom. The highest BCUT2D eigenvalue weighted by atomic mass is 15.1. The number of H-pyrrole nitrogens is 2. The van der Waals surface area contributed by atoms with Crippen LogP contribution in [0.4, 0.5) is 0 Å². The Labute approximate surface area is 170 Å². The molecular formula is C22H16N8. The predicted molar refractivity (Wildman–Crippen MR) is 114 cm³/mol. The van der Waals surface area contributed by atoms with E-state index in [1.54, 1.807) is 24.9 Å². The van der Waals surface area contributed by atoms with Crippen LogP contribution in [0.2, 0.25) is 0 Å². The molecule has 30 heavy (non-hydrogen) atoms. The van der Waals surface area contributed by atoms with E-state index in [-0.39, 0.29) is 0 Å². The number of imidazole rings is 2. The van der Waals surface area contributed by atoms with Gasteiger partial charge in [0.25, 0.3) is 0 Å². The van der Waals surface area contributed by atoms with Gasteiger partial charge in [0.05, 0.1) is 41.1 Å². The van der Waals surface area contributed by atoms with Gasteiger partial charge in [-0.15, -0.1) is 0 Å². The van der Waals surface area contributed by atoms with Gasteiger partial charge in [-0.25, -0.2) is 9.97 Å². The van der Waals surface area contributed by atoms with Crippen molar-refractivity contribution in [2.45, 2.75) is 6.92 Å². The summed E-state index contributed by atoms with van der Waals surface area (Å²) >= 11 is 0. The standard InChI is InChI=1S/C22H16N8/c1-13-11-30(12-25-13)19-10-24-9-18-21(19)27-22(26-18)20-16-7-14(4-5-17(16)28-29-20)15-3-2-6-23-8-15/h2-12H,1H3,(H,26,27)(H,28,29). The van der Waals surface area contributed by atoms with Crippen LogP contribution >= 0.6 is 0 Å². The van der Waals surface area contributed by atoms with Gasteiger partial charge in [0.2, 0.25) is 0 Å². The van der Waals surface area contributed by atoms with Crippen molar-refractivity contribution in [2.75, 3.05) is 0 Å². The molecule has 0 unspecified atom stereocenters. The lowest BCUT2D eigenvalue weighted by atomic mass is 10.0. The molecule has 0 spiro atoms. The second-order valence-corrected chi connectivity index (χ2v) is 7.14. The molecule has 2 N–H and O–H groups in total. The van der Waals surface area contributed by atoms with Crippen LogP contribution in [0.1, 0.15) is 5.69 Å². The largest absolute Gasteiger partial charge is 0.335 e. The molecule has 6 aromatic rings. The van der Waals surface area contributed by atoms with Crippen LogP contribution in [-0.4, -0.2) is 39.7 Å². The Balaban J connectivity index is 1.52. The number of hydrogen-bond acceptors (Lipinski definition) is 5. The number of pyridine rings is 2. The van der Waals surface area contributed by atoms with E-state index in [1.807, 2.05) is 42.1 Å². The highest BCUT2D eigenvalue weighted by Crippen LogP contribution is 2.31. The quantitative estimate of drug-likeness (QED) is 0.473. The zero-order chi connectivity index (χ0) is 20.1. The maximum absolute atomic E-state index is 4.85. The fraction of sp³-hybridized carbons (Fsp3) is 0.0455. The van der Waals surface area contributed by atoms with E-state index in [2.05, 4.69) is 42.3 Å². The van der Waals surface area contributed by atoms with Crippen molar-refractivity contribution in [2.24, 2.45) is 0 Å². The van der Waals surface area contributed by atoms with Crippen LogP contribution in [-0.2, 0) is 0 Å². The van der Waals surface area contributed by atoms with Crippen molar-refractivity contribution < 1.29 is 0 Å². The van der Waals surface area contributed by atoms with Crippen molar-refractivity contribution in [3.05, 3.63) is 73.3 Å². The van der Waals surface area contributed by atoms with E-state index >= 15 is 0 Å². The van der Waals surface area contributed by atoms with Gasteiger partial charge in [0.1, 0.15) is 11.2 Å². The molecule has 0 aliphatic rings. The Hall–Kier alpha value is -4.33. The first-order valence-corrected chi connectivity index (χ1v) is 9.50. The molecule has 0 aliphatic carbocycles. The number of benzene rings is 1. The molecule has 0 radical (unpaired) electrons. The molecule has 0 aliphatic heterocycles. The minimum absolute atomic E-state index is 0.686. The molecule has 8 nitrogen and oxygen atoms in total. The fourth-order valence-corrected chi connectivity index (χ4v) is 3.68. The summed E-state index contributed by atoms with van der Waals surface area (Å²) in [6, 6.07) is 10.2. The third-order valence-corrected chi connectivity index (χ3v) is 5.15. The predicted octanol–water partition coefficient (Wildman–Crippen LogP) is 4.06. The van der Waals surface area contributed by atoms with Crippen LogP contribution in [0.25, 0.3) is 50.3 Å². The van der Waals surface area contributed by atoms with Crippen LogP contribution in [0.5, 0.6) is 0 Å². The van der Waals surface area contributed by atoms with Crippen molar-refractivity contribution >= 4 is 21.9 Å². The van der Waals surface area contributed by atoms with Gasteiger partial charge in [-0.05, 0) is 30.7 Å². The van der Waals surface area contributed by atoms with E-state index in [4.69, 9.17) is 4.98 Å². The number of nitrogens with zero attached hydrogens (tertiary/aromatic N) is 6. The number of nitrogens with one attached hydrogen (secondary N) is 2. The van der Waals surface area contributed by atoms with E-state index in [9.17, 15) is 0 Å². The molecular weight excluding hydrogens is 376 g/mol. The Bertz CT molecular complexity index is 1510. The first-order chi connectivity index (χ1) is 14.8. The van der Waals surface area contributed by atoms with Gasteiger partial charge in [-0.1, -0.05) is 12.1 Å². The van der Waals surface area contributed by atoms with E-state index < -0.39 is 0 Å². The molecule has 0 saturated heterocycles. The topological polar surface area (TPSA) is 101 Å². The average Bonchev–Trinajstić information content (AvgIpc) is 3.51. The summed E-state index contributed by atoms with van der Waals surface area (Å²) in [6.45, 7) is 1.95. The summed E-state index contributed by atoms with van der Waals surface area (Å²) in [5.41, 5.74) is 7.30. The molecule has 0 saturated carbocycles. The molecule has 0 fully saturated rings. The second kappa shape index (κ2) is 6.35. The van der Waals surface area contributed by atoms with Crippen molar-refractivity contribution in [3.8, 4) is 28.3 Å². The molecule has 144 valence electrons. The maximum atomic E-state index is 4.85. The number of rotatable bonds is 3. The summed E-state index contributed by atoms with van der Waals surface area (Å²) < 4.78 is 1.93. The molecule has 1 aromatic carbocycles. The minimum atomic E-state index is 0.686. The van der Waals surface area contributed by atoms with Crippen molar-refractivity contribution in [1.29, 1.82) is 0 Å². The lowest BCUT2D eigenvalue weighted by molar-refractivity contribution is 1.05. The van der Waals surface area contributed by atoms with E-state index in [0.717, 1.165) is 50.1 Å². The number of aromatic nitrogens is 8. The fourth-order valence-electron chi connectivity index (χ4n) is 3.68. The molecule has 0 bridgehead atoms. The summed E-state index contributed by atoms with van der Waals surface area (Å²) in [7, 11) is 0. The first-order valence-electron chi connectivity index (χ1n) is 9.50. The highest BCUT2D eigenvalue weighted by molar-refractivity contribution is 5.96. The summed E-state index contributed by atoms with van der Waals surface area (Å²) in [5.74, 6) is 0.686. The molecule has 5 heterocycles.